The number of anilines is 2. The zero-order valence-corrected chi connectivity index (χ0v) is 16.6. The SMILES string of the molecule is C[C@H](CCc1ccccc1)NC(=O)c1cc2occc2c(Nc2ccc(F)cc2)n1. The minimum atomic E-state index is -0.320. The third-order valence-corrected chi connectivity index (χ3v) is 4.88. The number of carbonyl (C=O) groups excluding carboxylic acids is 1. The van der Waals surface area contributed by atoms with Crippen LogP contribution in [0.15, 0.2) is 77.4 Å². The van der Waals surface area contributed by atoms with Crippen LogP contribution in [0.3, 0.4) is 0 Å². The van der Waals surface area contributed by atoms with Gasteiger partial charge in [0.05, 0.1) is 11.6 Å². The largest absolute Gasteiger partial charge is 0.464 e. The molecule has 0 fully saturated rings. The number of nitrogens with one attached hydrogen (secondary N) is 2. The summed E-state index contributed by atoms with van der Waals surface area (Å²) in [7, 11) is 0. The molecule has 0 unspecified atom stereocenters. The summed E-state index contributed by atoms with van der Waals surface area (Å²) >= 11 is 0. The van der Waals surface area contributed by atoms with Crippen molar-refractivity contribution in [2.24, 2.45) is 0 Å². The van der Waals surface area contributed by atoms with E-state index in [0.717, 1.165) is 18.2 Å². The Morgan fingerprint density at radius 2 is 1.87 bits per heavy atom. The van der Waals surface area contributed by atoms with E-state index in [9.17, 15) is 9.18 Å². The molecule has 0 saturated carbocycles. The van der Waals surface area contributed by atoms with Crippen molar-refractivity contribution in [3.8, 4) is 0 Å². The fraction of sp³-hybridized carbons (Fsp3) is 0.167. The Morgan fingerprint density at radius 3 is 2.63 bits per heavy atom. The lowest BCUT2D eigenvalue weighted by molar-refractivity contribution is 0.0933. The van der Waals surface area contributed by atoms with Gasteiger partial charge in [-0.1, -0.05) is 30.3 Å². The van der Waals surface area contributed by atoms with E-state index in [1.807, 2.05) is 25.1 Å². The molecule has 0 spiro atoms. The molecule has 5 nitrogen and oxygen atoms in total. The van der Waals surface area contributed by atoms with Crippen LogP contribution in [0.2, 0.25) is 0 Å². The van der Waals surface area contributed by atoms with Crippen molar-refractivity contribution in [1.29, 1.82) is 0 Å². The molecule has 6 heteroatoms. The normalized spacial score (nSPS) is 11.9. The number of fused-ring (bicyclic) bond motifs is 1. The second kappa shape index (κ2) is 8.78. The van der Waals surface area contributed by atoms with Gasteiger partial charge in [0, 0.05) is 17.8 Å². The number of rotatable bonds is 7. The highest BCUT2D eigenvalue weighted by Gasteiger charge is 2.16. The third-order valence-electron chi connectivity index (χ3n) is 4.88. The fourth-order valence-corrected chi connectivity index (χ4v) is 3.24. The van der Waals surface area contributed by atoms with Gasteiger partial charge in [-0.2, -0.15) is 0 Å². The zero-order valence-electron chi connectivity index (χ0n) is 16.6. The van der Waals surface area contributed by atoms with Crippen molar-refractivity contribution in [2.75, 3.05) is 5.32 Å². The second-order valence-corrected chi connectivity index (χ2v) is 7.22. The van der Waals surface area contributed by atoms with Crippen LogP contribution in [0.5, 0.6) is 0 Å². The van der Waals surface area contributed by atoms with Gasteiger partial charge < -0.3 is 15.1 Å². The van der Waals surface area contributed by atoms with E-state index in [-0.39, 0.29) is 23.5 Å². The summed E-state index contributed by atoms with van der Waals surface area (Å²) in [5, 5.41) is 6.88. The van der Waals surface area contributed by atoms with Crippen molar-refractivity contribution in [3.63, 3.8) is 0 Å². The molecule has 0 aliphatic carbocycles. The standard InChI is InChI=1S/C24H22FN3O2/c1-16(7-8-17-5-3-2-4-6-17)26-24(29)21-15-22-20(13-14-30-22)23(28-21)27-19-11-9-18(25)10-12-19/h2-6,9-16H,7-8H2,1H3,(H,26,29)(H,27,28)/t16-/m1/s1. The van der Waals surface area contributed by atoms with Gasteiger partial charge >= 0.3 is 0 Å². The Balaban J connectivity index is 1.49. The van der Waals surface area contributed by atoms with Crippen LogP contribution in [0.1, 0.15) is 29.4 Å². The summed E-state index contributed by atoms with van der Waals surface area (Å²) in [5.41, 5.74) is 2.71. The third kappa shape index (κ3) is 4.66. The molecule has 0 aliphatic rings. The lowest BCUT2D eigenvalue weighted by Gasteiger charge is -2.14. The number of amides is 1. The zero-order chi connectivity index (χ0) is 20.9. The maximum Gasteiger partial charge on any atom is 0.270 e. The van der Waals surface area contributed by atoms with E-state index in [4.69, 9.17) is 4.42 Å². The molecule has 1 atom stereocenters. The monoisotopic (exact) mass is 403 g/mol. The lowest BCUT2D eigenvalue weighted by atomic mass is 10.1. The van der Waals surface area contributed by atoms with Crippen molar-refractivity contribution in [2.45, 2.75) is 25.8 Å². The number of nitrogens with zero attached hydrogens (tertiary/aromatic N) is 1. The van der Waals surface area contributed by atoms with E-state index in [1.54, 1.807) is 30.5 Å². The number of aromatic nitrogens is 1. The molecule has 1 amide bonds. The first kappa shape index (κ1) is 19.6. The van der Waals surface area contributed by atoms with Gasteiger partial charge in [0.15, 0.2) is 0 Å². The molecule has 0 radical (unpaired) electrons. The Labute approximate surface area is 173 Å². The Hall–Kier alpha value is -3.67. The van der Waals surface area contributed by atoms with E-state index in [2.05, 4.69) is 27.8 Å². The maximum atomic E-state index is 13.2. The van der Waals surface area contributed by atoms with Crippen LogP contribution in [0, 0.1) is 5.82 Å². The van der Waals surface area contributed by atoms with Gasteiger partial charge in [-0.3, -0.25) is 4.79 Å². The van der Waals surface area contributed by atoms with Gasteiger partial charge in [-0.15, -0.1) is 0 Å². The number of pyridine rings is 1. The summed E-state index contributed by atoms with van der Waals surface area (Å²) in [5.74, 6) is -0.106. The molecule has 0 aliphatic heterocycles. The molecule has 30 heavy (non-hydrogen) atoms. The van der Waals surface area contributed by atoms with Crippen LogP contribution in [-0.4, -0.2) is 16.9 Å². The van der Waals surface area contributed by atoms with Crippen LogP contribution < -0.4 is 10.6 Å². The number of carbonyl (C=O) groups is 1. The molecule has 0 bridgehead atoms. The minimum Gasteiger partial charge on any atom is -0.464 e. The molecule has 152 valence electrons. The molecule has 2 N–H and O–H groups in total. The summed E-state index contributed by atoms with van der Waals surface area (Å²) in [6.07, 6.45) is 3.25. The number of halogens is 1. The summed E-state index contributed by atoms with van der Waals surface area (Å²) in [6, 6.07) is 19.5. The number of benzene rings is 2. The topological polar surface area (TPSA) is 67.2 Å². The average Bonchev–Trinajstić information content (AvgIpc) is 3.24. The smallest absolute Gasteiger partial charge is 0.270 e. The molecule has 2 heterocycles. The highest BCUT2D eigenvalue weighted by atomic mass is 19.1. The van der Waals surface area contributed by atoms with Gasteiger partial charge in [0.2, 0.25) is 0 Å². The van der Waals surface area contributed by atoms with Crippen molar-refractivity contribution < 1.29 is 13.6 Å². The lowest BCUT2D eigenvalue weighted by Crippen LogP contribution is -2.33. The highest BCUT2D eigenvalue weighted by Crippen LogP contribution is 2.27. The van der Waals surface area contributed by atoms with Crippen molar-refractivity contribution >= 4 is 28.4 Å². The van der Waals surface area contributed by atoms with Gasteiger partial charge in [-0.05, 0) is 55.7 Å². The summed E-state index contributed by atoms with van der Waals surface area (Å²) in [4.78, 5) is 17.3. The average molecular weight is 403 g/mol. The second-order valence-electron chi connectivity index (χ2n) is 7.22. The van der Waals surface area contributed by atoms with Crippen LogP contribution in [-0.2, 0) is 6.42 Å². The van der Waals surface area contributed by atoms with Crippen LogP contribution >= 0.6 is 0 Å². The van der Waals surface area contributed by atoms with Gasteiger partial charge in [-0.25, -0.2) is 9.37 Å². The quantitative estimate of drug-likeness (QED) is 0.430. The summed E-state index contributed by atoms with van der Waals surface area (Å²) in [6.45, 7) is 1.98. The van der Waals surface area contributed by atoms with E-state index < -0.39 is 0 Å². The minimum absolute atomic E-state index is 0.0136. The van der Waals surface area contributed by atoms with Crippen molar-refractivity contribution in [3.05, 3.63) is 90.1 Å². The first-order valence-electron chi connectivity index (χ1n) is 9.84. The molecule has 4 aromatic rings. The number of hydrogen-bond donors (Lipinski definition) is 2. The van der Waals surface area contributed by atoms with E-state index >= 15 is 0 Å². The Kier molecular flexibility index (Phi) is 5.75. The summed E-state index contributed by atoms with van der Waals surface area (Å²) < 4.78 is 18.7. The number of furan rings is 1. The van der Waals surface area contributed by atoms with Crippen LogP contribution in [0.4, 0.5) is 15.9 Å². The van der Waals surface area contributed by atoms with Gasteiger partial charge in [0.25, 0.3) is 5.91 Å². The fourth-order valence-electron chi connectivity index (χ4n) is 3.24. The molecule has 2 aromatic carbocycles. The number of hydrogen-bond acceptors (Lipinski definition) is 4. The van der Waals surface area contributed by atoms with E-state index in [1.165, 1.54) is 17.7 Å². The number of aryl methyl sites for hydroxylation is 1. The van der Waals surface area contributed by atoms with Crippen LogP contribution in [0.25, 0.3) is 11.0 Å². The molecule has 4 rings (SSSR count). The van der Waals surface area contributed by atoms with E-state index in [0.29, 0.717) is 17.1 Å². The Morgan fingerprint density at radius 1 is 1.10 bits per heavy atom. The van der Waals surface area contributed by atoms with Crippen molar-refractivity contribution in [1.82, 2.24) is 10.3 Å². The molecular weight excluding hydrogens is 381 g/mol. The highest BCUT2D eigenvalue weighted by molar-refractivity contribution is 5.99. The van der Waals surface area contributed by atoms with Gasteiger partial charge in [0.1, 0.15) is 22.9 Å². The predicted octanol–water partition coefficient (Wildman–Crippen LogP) is 5.46. The Bertz CT molecular complexity index is 1140. The first-order chi connectivity index (χ1) is 14.6. The maximum absolute atomic E-state index is 13.2. The first-order valence-corrected chi connectivity index (χ1v) is 9.84. The molecular formula is C24H22FN3O2. The molecule has 2 aromatic heterocycles. The molecule has 0 saturated heterocycles. The predicted molar refractivity (Wildman–Crippen MR) is 115 cm³/mol.